The lowest BCUT2D eigenvalue weighted by Crippen LogP contribution is -2.66. The lowest BCUT2D eigenvalue weighted by Gasteiger charge is -2.42. The van der Waals surface area contributed by atoms with Gasteiger partial charge in [-0.15, -0.1) is 0 Å². The molecule has 0 aliphatic carbocycles. The maximum atomic E-state index is 14.7. The minimum atomic E-state index is -5.07. The van der Waals surface area contributed by atoms with Crippen molar-refractivity contribution >= 4 is 5.91 Å². The van der Waals surface area contributed by atoms with Crippen molar-refractivity contribution < 1.29 is 49.4 Å². The average Bonchev–Trinajstić information content (AvgIpc) is 2.96. The van der Waals surface area contributed by atoms with Crippen LogP contribution in [0, 0.1) is 29.0 Å². The van der Waals surface area contributed by atoms with Gasteiger partial charge in [-0.3, -0.25) is 10.1 Å². The van der Waals surface area contributed by atoms with E-state index < -0.39 is 83.1 Å². The number of rotatable bonds is 11. The molecule has 5 nitrogen and oxygen atoms in total. The van der Waals surface area contributed by atoms with E-state index in [4.69, 9.17) is 5.73 Å². The van der Waals surface area contributed by atoms with E-state index in [-0.39, 0.29) is 11.6 Å². The molecule has 4 atom stereocenters. The topological polar surface area (TPSA) is 99.1 Å². The fourth-order valence-corrected chi connectivity index (χ4v) is 5.09. The molecule has 0 radical (unpaired) electrons. The number of hydrogen-bond acceptors (Lipinski definition) is 4. The van der Waals surface area contributed by atoms with Gasteiger partial charge in [-0.1, -0.05) is 68.4 Å². The van der Waals surface area contributed by atoms with Crippen LogP contribution in [0.2, 0.25) is 0 Å². The molecule has 14 heteroatoms. The maximum absolute atomic E-state index is 14.7. The summed E-state index contributed by atoms with van der Waals surface area (Å²) in [5.41, 5.74) is 1.77. The number of nitrogens with two attached hydrogens (primary N) is 1. The first-order valence-corrected chi connectivity index (χ1v) is 13.4. The molecular formula is C31H28F9N3O2. The van der Waals surface area contributed by atoms with E-state index in [1.54, 1.807) is 6.07 Å². The third-order valence-corrected chi connectivity index (χ3v) is 7.61. The number of hydrogen-bond donors (Lipinski definition) is 3. The largest absolute Gasteiger partial charge is 0.416 e. The van der Waals surface area contributed by atoms with Crippen molar-refractivity contribution in [3.63, 3.8) is 0 Å². The Morgan fingerprint density at radius 3 is 1.80 bits per heavy atom. The van der Waals surface area contributed by atoms with Crippen LogP contribution < -0.4 is 11.1 Å². The minimum Gasteiger partial charge on any atom is -0.382 e. The highest BCUT2D eigenvalue weighted by Crippen LogP contribution is 2.40. The van der Waals surface area contributed by atoms with Gasteiger partial charge in [0.25, 0.3) is 6.43 Å². The lowest BCUT2D eigenvalue weighted by molar-refractivity contribution is -0.168. The summed E-state index contributed by atoms with van der Waals surface area (Å²) in [6.45, 7) is 2.63. The predicted molar refractivity (Wildman–Crippen MR) is 146 cm³/mol. The molecule has 3 aromatic carbocycles. The van der Waals surface area contributed by atoms with Crippen molar-refractivity contribution in [2.45, 2.75) is 56.7 Å². The van der Waals surface area contributed by atoms with Crippen LogP contribution in [-0.2, 0) is 17.4 Å². The number of halogens is 9. The fraction of sp³-hybridized carbons (Fsp3) is 0.355. The molecule has 0 bridgehead atoms. The van der Waals surface area contributed by atoms with Crippen LogP contribution >= 0.6 is 0 Å². The van der Waals surface area contributed by atoms with Gasteiger partial charge >= 0.3 is 12.4 Å². The maximum Gasteiger partial charge on any atom is 0.416 e. The predicted octanol–water partition coefficient (Wildman–Crippen LogP) is 7.27. The third kappa shape index (κ3) is 7.77. The van der Waals surface area contributed by atoms with Gasteiger partial charge in [0.2, 0.25) is 5.91 Å². The second-order valence-electron chi connectivity index (χ2n) is 10.7. The van der Waals surface area contributed by atoms with Crippen LogP contribution in [0.25, 0.3) is 11.1 Å². The van der Waals surface area contributed by atoms with Crippen molar-refractivity contribution in [2.24, 2.45) is 17.6 Å². The monoisotopic (exact) mass is 645 g/mol. The number of aliphatic hydroxyl groups is 1. The van der Waals surface area contributed by atoms with Gasteiger partial charge in [0.15, 0.2) is 0 Å². The Hall–Kier alpha value is -4.09. The normalized spacial score (nSPS) is 15.8. The average molecular weight is 646 g/mol. The molecule has 3 aromatic rings. The van der Waals surface area contributed by atoms with Gasteiger partial charge in [0.05, 0.1) is 17.6 Å². The molecule has 0 aliphatic rings. The fourth-order valence-electron chi connectivity index (χ4n) is 5.09. The molecule has 242 valence electrons. The second-order valence-corrected chi connectivity index (χ2v) is 10.7. The molecule has 0 aromatic heterocycles. The number of aliphatic hydroxyl groups excluding tert-OH is 1. The van der Waals surface area contributed by atoms with Gasteiger partial charge in [-0.2, -0.15) is 31.6 Å². The Kier molecular flexibility index (Phi) is 10.6. The van der Waals surface area contributed by atoms with Crippen molar-refractivity contribution in [3.05, 3.63) is 94.8 Å². The number of benzene rings is 3. The molecule has 4 N–H and O–H groups in total. The summed E-state index contributed by atoms with van der Waals surface area (Å²) >= 11 is 0. The number of alkyl halides is 8. The summed E-state index contributed by atoms with van der Waals surface area (Å²) < 4.78 is 123. The molecule has 0 aliphatic heterocycles. The van der Waals surface area contributed by atoms with Gasteiger partial charge in [-0.25, -0.2) is 13.2 Å². The Labute approximate surface area is 252 Å². The molecule has 3 rings (SSSR count). The highest BCUT2D eigenvalue weighted by molar-refractivity contribution is 5.86. The summed E-state index contributed by atoms with van der Waals surface area (Å²) in [5.74, 6) is -5.59. The number of nitrogens with zero attached hydrogens (tertiary/aromatic N) is 1. The first-order chi connectivity index (χ1) is 20.8. The number of primary amides is 1. The number of carbonyl (C=O) groups is 1. The minimum absolute atomic E-state index is 0.0635. The quantitative estimate of drug-likeness (QED) is 0.191. The molecule has 0 fully saturated rings. The smallest absolute Gasteiger partial charge is 0.382 e. The highest BCUT2D eigenvalue weighted by atomic mass is 19.4. The summed E-state index contributed by atoms with van der Waals surface area (Å²) in [6, 6.07) is 10.6. The Balaban J connectivity index is 2.01. The Bertz CT molecular complexity index is 1520. The van der Waals surface area contributed by atoms with E-state index in [2.05, 4.69) is 5.32 Å². The van der Waals surface area contributed by atoms with E-state index in [0.29, 0.717) is 17.2 Å². The van der Waals surface area contributed by atoms with E-state index >= 15 is 0 Å². The van der Waals surface area contributed by atoms with E-state index in [1.165, 1.54) is 50.2 Å². The number of amides is 1. The molecular weight excluding hydrogens is 617 g/mol. The summed E-state index contributed by atoms with van der Waals surface area (Å²) in [4.78, 5) is 12.9. The Morgan fingerprint density at radius 1 is 0.911 bits per heavy atom. The van der Waals surface area contributed by atoms with E-state index in [0.717, 1.165) is 18.2 Å². The lowest BCUT2D eigenvalue weighted by atomic mass is 9.71. The summed E-state index contributed by atoms with van der Waals surface area (Å²) in [6.07, 6.45) is -15.7. The summed E-state index contributed by atoms with van der Waals surface area (Å²) in [7, 11) is 0. The number of carbonyl (C=O) groups excluding carboxylic acids is 1. The van der Waals surface area contributed by atoms with Crippen LogP contribution in [0.3, 0.4) is 0 Å². The number of nitriles is 1. The number of nitrogens with one attached hydrogen (secondary N) is 1. The van der Waals surface area contributed by atoms with Crippen LogP contribution in [0.5, 0.6) is 0 Å². The molecule has 0 heterocycles. The van der Waals surface area contributed by atoms with Crippen molar-refractivity contribution in [2.75, 3.05) is 0 Å². The van der Waals surface area contributed by atoms with Gasteiger partial charge in [-0.05, 0) is 52.3 Å². The standard InChI is InChI=1S/C31H28F9N3O2/c1-16(2)29(28(42)45,23(15-41)13-21-11-12-22(14-24(21)32)30(35,36)37)43-26(31(38,39)40)20-9-5-18(6-10-20)17-3-7-19(8-4-17)25(44)27(33)34/h3-12,14,16,23,25-27,43-44H,13H2,1-2H3,(H2,42,45)/t23-,25-,26+,29?/m1/s1. The van der Waals surface area contributed by atoms with Crippen molar-refractivity contribution in [3.8, 4) is 17.2 Å². The van der Waals surface area contributed by atoms with Crippen molar-refractivity contribution in [1.82, 2.24) is 5.32 Å². The van der Waals surface area contributed by atoms with Crippen molar-refractivity contribution in [1.29, 1.82) is 5.26 Å². The van der Waals surface area contributed by atoms with Gasteiger partial charge < -0.3 is 10.8 Å². The third-order valence-electron chi connectivity index (χ3n) is 7.61. The zero-order valence-electron chi connectivity index (χ0n) is 23.7. The van der Waals surface area contributed by atoms with E-state index in [1.807, 2.05) is 0 Å². The molecule has 0 saturated heterocycles. The molecule has 0 saturated carbocycles. The first kappa shape index (κ1) is 35.4. The van der Waals surface area contributed by atoms with Crippen LogP contribution in [-0.4, -0.2) is 29.2 Å². The zero-order chi connectivity index (χ0) is 33.9. The molecule has 45 heavy (non-hydrogen) atoms. The zero-order valence-corrected chi connectivity index (χ0v) is 23.7. The highest BCUT2D eigenvalue weighted by Gasteiger charge is 2.53. The molecule has 1 unspecified atom stereocenters. The van der Waals surface area contributed by atoms with Crippen LogP contribution in [0.1, 0.15) is 48.2 Å². The van der Waals surface area contributed by atoms with Gasteiger partial charge in [0, 0.05) is 0 Å². The van der Waals surface area contributed by atoms with Crippen LogP contribution in [0.4, 0.5) is 39.5 Å². The Morgan fingerprint density at radius 2 is 1.42 bits per heavy atom. The van der Waals surface area contributed by atoms with E-state index in [9.17, 15) is 54.7 Å². The van der Waals surface area contributed by atoms with Gasteiger partial charge in [0.1, 0.15) is 23.5 Å². The SMILES string of the molecule is CC(C)C(N[C@@H](c1ccc(-c2ccc([C@@H](O)C(F)F)cc2)cc1)C(F)(F)F)(C(N)=O)[C@@H](C#N)Cc1ccc(C(F)(F)F)cc1F. The summed E-state index contributed by atoms with van der Waals surface area (Å²) in [5, 5.41) is 21.7. The molecule has 1 amide bonds. The van der Waals surface area contributed by atoms with Crippen LogP contribution in [0.15, 0.2) is 66.7 Å². The molecule has 0 spiro atoms. The first-order valence-electron chi connectivity index (χ1n) is 13.4. The second kappa shape index (κ2) is 13.5.